The molecule has 0 saturated carbocycles. The molecule has 4 heteroatoms. The fourth-order valence-electron chi connectivity index (χ4n) is 1.14. The Kier molecular flexibility index (Phi) is 3.55. The van der Waals surface area contributed by atoms with Crippen LogP contribution < -0.4 is 5.32 Å². The third kappa shape index (κ3) is 2.87. The van der Waals surface area contributed by atoms with E-state index in [4.69, 9.17) is 0 Å². The summed E-state index contributed by atoms with van der Waals surface area (Å²) in [4.78, 5) is 11.0. The molecule has 0 aliphatic rings. The van der Waals surface area contributed by atoms with Crippen LogP contribution in [0.2, 0.25) is 0 Å². The standard InChI is InChI=1S/C11H11F2NO/c1-3-11(15)14-7(2)8-4-5-9(12)10(13)6-8/h3-7H,1H2,2H3,(H,14,15). The van der Waals surface area contributed by atoms with Crippen LogP contribution >= 0.6 is 0 Å². The van der Waals surface area contributed by atoms with Crippen LogP contribution in [-0.4, -0.2) is 5.91 Å². The number of rotatable bonds is 3. The van der Waals surface area contributed by atoms with Crippen LogP contribution in [0.3, 0.4) is 0 Å². The molecular weight excluding hydrogens is 200 g/mol. The van der Waals surface area contributed by atoms with Gasteiger partial charge in [0.2, 0.25) is 5.91 Å². The Morgan fingerprint density at radius 3 is 2.67 bits per heavy atom. The van der Waals surface area contributed by atoms with Gasteiger partial charge in [-0.05, 0) is 30.7 Å². The predicted molar refractivity (Wildman–Crippen MR) is 53.1 cm³/mol. The fourth-order valence-corrected chi connectivity index (χ4v) is 1.14. The zero-order valence-corrected chi connectivity index (χ0v) is 8.26. The molecule has 1 rings (SSSR count). The Bertz CT molecular complexity index is 390. The highest BCUT2D eigenvalue weighted by Gasteiger charge is 2.10. The van der Waals surface area contributed by atoms with Crippen LogP contribution in [0, 0.1) is 11.6 Å². The second-order valence-corrected chi connectivity index (χ2v) is 3.11. The Labute approximate surface area is 86.6 Å². The van der Waals surface area contributed by atoms with Gasteiger partial charge in [0.05, 0.1) is 6.04 Å². The van der Waals surface area contributed by atoms with Crippen molar-refractivity contribution in [1.29, 1.82) is 0 Å². The van der Waals surface area contributed by atoms with Crippen LogP contribution in [0.5, 0.6) is 0 Å². The molecule has 1 atom stereocenters. The van der Waals surface area contributed by atoms with Crippen molar-refractivity contribution >= 4 is 5.91 Å². The first-order valence-corrected chi connectivity index (χ1v) is 4.42. The number of benzene rings is 1. The summed E-state index contributed by atoms with van der Waals surface area (Å²) in [7, 11) is 0. The van der Waals surface area contributed by atoms with Crippen molar-refractivity contribution in [2.24, 2.45) is 0 Å². The van der Waals surface area contributed by atoms with Gasteiger partial charge in [-0.15, -0.1) is 0 Å². The van der Waals surface area contributed by atoms with Crippen molar-refractivity contribution in [2.45, 2.75) is 13.0 Å². The molecule has 0 radical (unpaired) electrons. The molecule has 0 heterocycles. The highest BCUT2D eigenvalue weighted by molar-refractivity contribution is 5.87. The highest BCUT2D eigenvalue weighted by atomic mass is 19.2. The van der Waals surface area contributed by atoms with Crippen molar-refractivity contribution in [1.82, 2.24) is 5.32 Å². The van der Waals surface area contributed by atoms with E-state index in [0.717, 1.165) is 18.2 Å². The Morgan fingerprint density at radius 1 is 1.47 bits per heavy atom. The van der Waals surface area contributed by atoms with Gasteiger partial charge in [-0.1, -0.05) is 12.6 Å². The molecule has 0 aliphatic carbocycles. The van der Waals surface area contributed by atoms with E-state index in [1.807, 2.05) is 0 Å². The molecule has 15 heavy (non-hydrogen) atoms. The minimum absolute atomic E-state index is 0.354. The maximum absolute atomic E-state index is 12.9. The fraction of sp³-hybridized carbons (Fsp3) is 0.182. The number of halogens is 2. The molecule has 0 saturated heterocycles. The number of carbonyl (C=O) groups excluding carboxylic acids is 1. The number of nitrogens with one attached hydrogen (secondary N) is 1. The van der Waals surface area contributed by atoms with E-state index in [0.29, 0.717) is 5.56 Å². The molecule has 2 nitrogen and oxygen atoms in total. The zero-order valence-electron chi connectivity index (χ0n) is 8.26. The van der Waals surface area contributed by atoms with E-state index in [9.17, 15) is 13.6 Å². The molecule has 80 valence electrons. The van der Waals surface area contributed by atoms with Crippen LogP contribution in [-0.2, 0) is 4.79 Å². The molecule has 1 aromatic carbocycles. The van der Waals surface area contributed by atoms with Gasteiger partial charge >= 0.3 is 0 Å². The zero-order chi connectivity index (χ0) is 11.4. The average molecular weight is 211 g/mol. The largest absolute Gasteiger partial charge is 0.346 e. The van der Waals surface area contributed by atoms with Gasteiger partial charge in [0, 0.05) is 0 Å². The topological polar surface area (TPSA) is 29.1 Å². The minimum Gasteiger partial charge on any atom is -0.346 e. The quantitative estimate of drug-likeness (QED) is 0.764. The smallest absolute Gasteiger partial charge is 0.243 e. The lowest BCUT2D eigenvalue weighted by molar-refractivity contribution is -0.117. The van der Waals surface area contributed by atoms with Crippen molar-refractivity contribution in [2.75, 3.05) is 0 Å². The first-order chi connectivity index (χ1) is 7.04. The van der Waals surface area contributed by atoms with Gasteiger partial charge in [0.15, 0.2) is 11.6 Å². The lowest BCUT2D eigenvalue weighted by atomic mass is 10.1. The molecule has 0 bridgehead atoms. The summed E-state index contributed by atoms with van der Waals surface area (Å²) in [6.45, 7) is 4.97. The van der Waals surface area contributed by atoms with Crippen LogP contribution in [0.15, 0.2) is 30.9 Å². The Morgan fingerprint density at radius 2 is 2.13 bits per heavy atom. The number of hydrogen-bond donors (Lipinski definition) is 1. The van der Waals surface area contributed by atoms with E-state index < -0.39 is 11.6 Å². The summed E-state index contributed by atoms with van der Waals surface area (Å²) in [5.74, 6) is -2.18. The molecule has 0 fully saturated rings. The normalized spacial score (nSPS) is 11.9. The highest BCUT2D eigenvalue weighted by Crippen LogP contribution is 2.15. The Balaban J connectivity index is 2.82. The minimum atomic E-state index is -0.924. The molecule has 1 amide bonds. The third-order valence-electron chi connectivity index (χ3n) is 1.99. The summed E-state index contributed by atoms with van der Waals surface area (Å²) >= 11 is 0. The maximum Gasteiger partial charge on any atom is 0.243 e. The summed E-state index contributed by atoms with van der Waals surface area (Å²) in [5.41, 5.74) is 0.504. The van der Waals surface area contributed by atoms with Crippen molar-refractivity contribution in [3.05, 3.63) is 48.1 Å². The lowest BCUT2D eigenvalue weighted by Crippen LogP contribution is -2.24. The molecule has 1 unspecified atom stereocenters. The second kappa shape index (κ2) is 4.68. The first-order valence-electron chi connectivity index (χ1n) is 4.42. The lowest BCUT2D eigenvalue weighted by Gasteiger charge is -2.12. The molecule has 0 aromatic heterocycles. The Hall–Kier alpha value is -1.71. The maximum atomic E-state index is 12.9. The number of amides is 1. The van der Waals surface area contributed by atoms with Gasteiger partial charge in [0.25, 0.3) is 0 Å². The van der Waals surface area contributed by atoms with Gasteiger partial charge in [-0.25, -0.2) is 8.78 Å². The van der Waals surface area contributed by atoms with Gasteiger partial charge in [-0.2, -0.15) is 0 Å². The van der Waals surface area contributed by atoms with E-state index in [1.54, 1.807) is 6.92 Å². The average Bonchev–Trinajstić information content (AvgIpc) is 2.21. The summed E-state index contributed by atoms with van der Waals surface area (Å²) in [5, 5.41) is 2.55. The second-order valence-electron chi connectivity index (χ2n) is 3.11. The third-order valence-corrected chi connectivity index (χ3v) is 1.99. The molecule has 0 aliphatic heterocycles. The number of carbonyl (C=O) groups is 1. The van der Waals surface area contributed by atoms with E-state index in [2.05, 4.69) is 11.9 Å². The van der Waals surface area contributed by atoms with E-state index in [-0.39, 0.29) is 11.9 Å². The van der Waals surface area contributed by atoms with Crippen LogP contribution in [0.1, 0.15) is 18.5 Å². The van der Waals surface area contributed by atoms with E-state index >= 15 is 0 Å². The summed E-state index contributed by atoms with van der Waals surface area (Å²) in [6.07, 6.45) is 1.12. The van der Waals surface area contributed by atoms with Gasteiger partial charge in [0.1, 0.15) is 0 Å². The van der Waals surface area contributed by atoms with Gasteiger partial charge < -0.3 is 5.32 Å². The SMILES string of the molecule is C=CC(=O)NC(C)c1ccc(F)c(F)c1. The van der Waals surface area contributed by atoms with Crippen molar-refractivity contribution in [3.8, 4) is 0 Å². The van der Waals surface area contributed by atoms with Crippen molar-refractivity contribution in [3.63, 3.8) is 0 Å². The molecule has 1 N–H and O–H groups in total. The van der Waals surface area contributed by atoms with E-state index in [1.165, 1.54) is 6.07 Å². The molecule has 0 spiro atoms. The van der Waals surface area contributed by atoms with Crippen LogP contribution in [0.4, 0.5) is 8.78 Å². The van der Waals surface area contributed by atoms with Crippen LogP contribution in [0.25, 0.3) is 0 Å². The van der Waals surface area contributed by atoms with Gasteiger partial charge in [-0.3, -0.25) is 4.79 Å². The summed E-state index contributed by atoms with van der Waals surface area (Å²) in [6, 6.07) is 3.13. The molecular formula is C11H11F2NO. The summed E-state index contributed by atoms with van der Waals surface area (Å²) < 4.78 is 25.5. The number of hydrogen-bond acceptors (Lipinski definition) is 1. The monoisotopic (exact) mass is 211 g/mol. The first kappa shape index (κ1) is 11.4. The molecule has 1 aromatic rings. The van der Waals surface area contributed by atoms with Crippen molar-refractivity contribution < 1.29 is 13.6 Å². The predicted octanol–water partition coefficient (Wildman–Crippen LogP) is 2.33.